The standard InChI is InChI=1S/C17H25N4O3P/c1-16-14(22)17(9-23-16,6-8-25(2,3)4)24-15(16)21-10-20-12-11(18)5-7-19-13(12)21/h5,7,10,14-15,22H,2,6,8-9H2,1,3-4H3,(H2,18,19)/t14-,15?,16+,17-/m0/s1. The number of nitrogens with zero attached hydrogens (tertiary/aromatic N) is 3. The van der Waals surface area contributed by atoms with E-state index in [1.165, 1.54) is 0 Å². The molecule has 2 aromatic rings. The van der Waals surface area contributed by atoms with Crippen molar-refractivity contribution >= 4 is 30.0 Å². The number of imidazole rings is 1. The van der Waals surface area contributed by atoms with Gasteiger partial charge in [0.1, 0.15) is 22.8 Å². The molecule has 4 heterocycles. The van der Waals surface area contributed by atoms with Crippen molar-refractivity contribution < 1.29 is 14.6 Å². The third-order valence-electron chi connectivity index (χ3n) is 5.39. The van der Waals surface area contributed by atoms with Crippen LogP contribution in [0.5, 0.6) is 0 Å². The highest BCUT2D eigenvalue weighted by Gasteiger charge is 2.68. The lowest BCUT2D eigenvalue weighted by Crippen LogP contribution is -2.42. The zero-order chi connectivity index (χ0) is 18.0. The number of pyridine rings is 1. The highest BCUT2D eigenvalue weighted by molar-refractivity contribution is 7.72. The molecule has 2 bridgehead atoms. The second kappa shape index (κ2) is 5.30. The molecule has 1 unspecified atom stereocenters. The Morgan fingerprint density at radius 3 is 2.96 bits per heavy atom. The summed E-state index contributed by atoms with van der Waals surface area (Å²) in [7, 11) is 0. The number of aromatic nitrogens is 3. The minimum Gasteiger partial charge on any atom is -0.397 e. The number of aliphatic hydroxyl groups is 1. The van der Waals surface area contributed by atoms with E-state index in [0.717, 1.165) is 12.6 Å². The van der Waals surface area contributed by atoms with Crippen LogP contribution < -0.4 is 5.73 Å². The van der Waals surface area contributed by atoms with Crippen LogP contribution >= 0.6 is 6.89 Å². The lowest BCUT2D eigenvalue weighted by atomic mass is 9.89. The number of fused-ring (bicyclic) bond motifs is 3. The van der Waals surface area contributed by atoms with Crippen molar-refractivity contribution in [2.45, 2.75) is 36.9 Å². The topological polar surface area (TPSA) is 95.4 Å². The first kappa shape index (κ1) is 17.0. The third kappa shape index (κ3) is 2.45. The number of rotatable bonds is 4. The van der Waals surface area contributed by atoms with E-state index in [9.17, 15) is 5.11 Å². The molecule has 0 aliphatic carbocycles. The summed E-state index contributed by atoms with van der Waals surface area (Å²) in [4.78, 5) is 8.76. The first-order valence-corrected chi connectivity index (χ1v) is 11.5. The fraction of sp³-hybridized carbons (Fsp3) is 0.588. The smallest absolute Gasteiger partial charge is 0.169 e. The molecule has 2 aliphatic rings. The maximum atomic E-state index is 11.0. The summed E-state index contributed by atoms with van der Waals surface area (Å²) in [6.45, 7) is 5.43. The van der Waals surface area contributed by atoms with Gasteiger partial charge in [-0.2, -0.15) is 0 Å². The number of nitrogen functional groups attached to an aromatic ring is 1. The Kier molecular flexibility index (Phi) is 3.61. The summed E-state index contributed by atoms with van der Waals surface area (Å²) < 4.78 is 14.3. The van der Waals surface area contributed by atoms with E-state index in [-0.39, 0.29) is 0 Å². The van der Waals surface area contributed by atoms with Gasteiger partial charge in [0.2, 0.25) is 0 Å². The van der Waals surface area contributed by atoms with E-state index < -0.39 is 30.4 Å². The van der Waals surface area contributed by atoms with E-state index in [4.69, 9.17) is 15.2 Å². The van der Waals surface area contributed by atoms with Gasteiger partial charge in [0, 0.05) is 6.20 Å². The maximum absolute atomic E-state index is 11.0. The van der Waals surface area contributed by atoms with Gasteiger partial charge in [-0.25, -0.2) is 9.97 Å². The Morgan fingerprint density at radius 2 is 2.24 bits per heavy atom. The van der Waals surface area contributed by atoms with E-state index >= 15 is 0 Å². The minimum atomic E-state index is -1.22. The van der Waals surface area contributed by atoms with Crippen LogP contribution in [0.25, 0.3) is 11.2 Å². The molecule has 0 amide bonds. The summed E-state index contributed by atoms with van der Waals surface area (Å²) in [5, 5.41) is 11.0. The minimum absolute atomic E-state index is 0.392. The van der Waals surface area contributed by atoms with Gasteiger partial charge in [0.05, 0.1) is 18.6 Å². The van der Waals surface area contributed by atoms with Gasteiger partial charge >= 0.3 is 0 Å². The molecule has 2 fully saturated rings. The molecule has 3 N–H and O–H groups in total. The predicted octanol–water partition coefficient (Wildman–Crippen LogP) is 1.53. The summed E-state index contributed by atoms with van der Waals surface area (Å²) in [6.07, 6.45) is 8.03. The van der Waals surface area contributed by atoms with E-state index in [2.05, 4.69) is 29.6 Å². The van der Waals surface area contributed by atoms with E-state index in [1.54, 1.807) is 18.6 Å². The molecule has 136 valence electrons. The normalized spacial score (nSPS) is 34.9. The molecule has 25 heavy (non-hydrogen) atoms. The number of hydrogen-bond acceptors (Lipinski definition) is 6. The van der Waals surface area contributed by atoms with Crippen LogP contribution in [0, 0.1) is 0 Å². The van der Waals surface area contributed by atoms with Crippen molar-refractivity contribution in [2.75, 3.05) is 31.8 Å². The molecule has 2 aromatic heterocycles. The number of hydrogen-bond donors (Lipinski definition) is 2. The van der Waals surface area contributed by atoms with Crippen molar-refractivity contribution in [3.63, 3.8) is 0 Å². The fourth-order valence-corrected chi connectivity index (χ4v) is 4.80. The predicted molar refractivity (Wildman–Crippen MR) is 101 cm³/mol. The SMILES string of the molecule is C=P(C)(C)CC[C@@]12CO[C@@](C)(C(n3cnc4c(N)ccnc43)O1)[C@@H]2O. The lowest BCUT2D eigenvalue weighted by Gasteiger charge is -2.34. The average molecular weight is 364 g/mol. The van der Waals surface area contributed by atoms with Crippen molar-refractivity contribution in [3.8, 4) is 0 Å². The van der Waals surface area contributed by atoms with E-state index in [0.29, 0.717) is 23.5 Å². The quantitative estimate of drug-likeness (QED) is 0.799. The van der Waals surface area contributed by atoms with Crippen molar-refractivity contribution in [1.82, 2.24) is 14.5 Å². The highest BCUT2D eigenvalue weighted by atomic mass is 31.2. The molecule has 7 nitrogen and oxygen atoms in total. The average Bonchev–Trinajstić information content (AvgIpc) is 3.14. The monoisotopic (exact) mass is 364 g/mol. The molecular formula is C17H25N4O3P. The van der Waals surface area contributed by atoms with Gasteiger partial charge in [-0.05, 0) is 38.9 Å². The van der Waals surface area contributed by atoms with Gasteiger partial charge < -0.3 is 20.3 Å². The van der Waals surface area contributed by atoms with Crippen LogP contribution in [-0.4, -0.2) is 69.3 Å². The number of anilines is 1. The first-order valence-electron chi connectivity index (χ1n) is 8.41. The summed E-state index contributed by atoms with van der Waals surface area (Å²) in [6, 6.07) is 1.72. The molecule has 0 radical (unpaired) electrons. The van der Waals surface area contributed by atoms with E-state index in [1.807, 2.05) is 11.5 Å². The lowest BCUT2D eigenvalue weighted by molar-refractivity contribution is -0.203. The second-order valence-electron chi connectivity index (χ2n) is 8.04. The molecule has 4 rings (SSSR count). The summed E-state index contributed by atoms with van der Waals surface area (Å²) in [5.74, 6) is 0. The number of ether oxygens (including phenoxy) is 2. The molecule has 4 atom stereocenters. The molecule has 0 spiro atoms. The van der Waals surface area contributed by atoms with Crippen LogP contribution in [-0.2, 0) is 9.47 Å². The summed E-state index contributed by atoms with van der Waals surface area (Å²) >= 11 is 0. The van der Waals surface area contributed by atoms with Gasteiger partial charge in [-0.3, -0.25) is 4.57 Å². The molecule has 8 heteroatoms. The van der Waals surface area contributed by atoms with Crippen LogP contribution in [0.2, 0.25) is 0 Å². The van der Waals surface area contributed by atoms with Gasteiger partial charge in [-0.1, -0.05) is 0 Å². The highest BCUT2D eigenvalue weighted by Crippen LogP contribution is 2.55. The fourth-order valence-electron chi connectivity index (χ4n) is 3.82. The molecule has 2 aliphatic heterocycles. The molecule has 0 saturated carbocycles. The van der Waals surface area contributed by atoms with Crippen molar-refractivity contribution in [1.29, 1.82) is 0 Å². The van der Waals surface area contributed by atoms with Crippen molar-refractivity contribution in [2.24, 2.45) is 0 Å². The zero-order valence-electron chi connectivity index (χ0n) is 14.8. The Hall–Kier alpha value is -1.40. The molecule has 0 aromatic carbocycles. The zero-order valence-corrected chi connectivity index (χ0v) is 15.7. The van der Waals surface area contributed by atoms with Crippen molar-refractivity contribution in [3.05, 3.63) is 18.6 Å². The Bertz CT molecular complexity index is 878. The molecule has 2 saturated heterocycles. The summed E-state index contributed by atoms with van der Waals surface area (Å²) in [5.41, 5.74) is 6.27. The number of nitrogens with two attached hydrogens (primary N) is 1. The third-order valence-corrected chi connectivity index (χ3v) is 6.82. The largest absolute Gasteiger partial charge is 0.397 e. The maximum Gasteiger partial charge on any atom is 0.169 e. The van der Waals surface area contributed by atoms with Gasteiger partial charge in [-0.15, -0.1) is 13.2 Å². The molecular weight excluding hydrogens is 339 g/mol. The Balaban J connectivity index is 1.72. The van der Waals surface area contributed by atoms with Crippen LogP contribution in [0.15, 0.2) is 18.6 Å². The Morgan fingerprint density at radius 1 is 1.48 bits per heavy atom. The van der Waals surface area contributed by atoms with Crippen LogP contribution in [0.1, 0.15) is 19.6 Å². The Labute approximate surface area is 147 Å². The van der Waals surface area contributed by atoms with Crippen LogP contribution in [0.4, 0.5) is 5.69 Å². The van der Waals surface area contributed by atoms with Gasteiger partial charge in [0.15, 0.2) is 11.9 Å². The van der Waals surface area contributed by atoms with Crippen LogP contribution in [0.3, 0.4) is 0 Å². The number of aliphatic hydroxyl groups excluding tert-OH is 1. The van der Waals surface area contributed by atoms with Gasteiger partial charge in [0.25, 0.3) is 0 Å². The second-order valence-corrected chi connectivity index (χ2v) is 12.4. The first-order chi connectivity index (χ1) is 11.7.